The number of benzene rings is 2. The number of rotatable bonds is 0. The minimum absolute atomic E-state index is 0.174. The highest BCUT2D eigenvalue weighted by molar-refractivity contribution is 6.54. The first-order valence-electron chi connectivity index (χ1n) is 3.88. The van der Waals surface area contributed by atoms with Gasteiger partial charge in [0, 0.05) is 22.9 Å². The molecular formula is C10Cl6. The summed E-state index contributed by atoms with van der Waals surface area (Å²) in [4.78, 5) is 0. The standard InChI is InChI=1S/C10Cl6/c11-3-1-5(13)9(15)8-4(12)2-6(14)10(16)7(3)8. The maximum Gasteiger partial charge on any atom is 0.0693 e. The maximum atomic E-state index is 6.00. The van der Waals surface area contributed by atoms with Gasteiger partial charge in [-0.1, -0.05) is 69.6 Å². The summed E-state index contributed by atoms with van der Waals surface area (Å²) >= 11 is 35.6. The topological polar surface area (TPSA) is 0 Å². The maximum absolute atomic E-state index is 6.00. The Morgan fingerprint density at radius 1 is 0.500 bits per heavy atom. The van der Waals surface area contributed by atoms with Gasteiger partial charge >= 0.3 is 0 Å². The third kappa shape index (κ3) is 1.96. The van der Waals surface area contributed by atoms with Crippen molar-refractivity contribution in [3.63, 3.8) is 0 Å². The molecule has 0 saturated carbocycles. The number of halogens is 6. The van der Waals surface area contributed by atoms with E-state index in [-0.39, 0.29) is 30.1 Å². The highest BCUT2D eigenvalue weighted by atomic mass is 35.5. The fourth-order valence-electron chi connectivity index (χ4n) is 1.28. The molecule has 0 N–H and O–H groups in total. The minimum atomic E-state index is 0.174. The molecule has 0 saturated heterocycles. The van der Waals surface area contributed by atoms with Gasteiger partial charge in [-0.15, -0.1) is 0 Å². The zero-order valence-electron chi connectivity index (χ0n) is 7.27. The van der Waals surface area contributed by atoms with Gasteiger partial charge in [0.15, 0.2) is 0 Å². The van der Waals surface area contributed by atoms with Crippen LogP contribution in [0.5, 0.6) is 0 Å². The predicted molar refractivity (Wildman–Crippen MR) is 71.7 cm³/mol. The lowest BCUT2D eigenvalue weighted by Crippen LogP contribution is -1.84. The quantitative estimate of drug-likeness (QED) is 0.492. The summed E-state index contributed by atoms with van der Waals surface area (Å²) in [6.45, 7) is 0. The van der Waals surface area contributed by atoms with Gasteiger partial charge in [-0.3, -0.25) is 0 Å². The summed E-state index contributed by atoms with van der Waals surface area (Å²) in [6.07, 6.45) is 0. The van der Waals surface area contributed by atoms with Crippen LogP contribution in [0.25, 0.3) is 10.8 Å². The molecule has 0 bridgehead atoms. The molecule has 6 heteroatoms. The monoisotopic (exact) mass is 330 g/mol. The van der Waals surface area contributed by atoms with Gasteiger partial charge in [-0.05, 0) is 0 Å². The normalized spacial score (nSPS) is 11.1. The van der Waals surface area contributed by atoms with Gasteiger partial charge in [0.05, 0.1) is 30.1 Å². The molecule has 0 unspecified atom stereocenters. The molecule has 0 amide bonds. The Morgan fingerprint density at radius 3 is 1.12 bits per heavy atom. The second kappa shape index (κ2) is 4.61. The van der Waals surface area contributed by atoms with Gasteiger partial charge in [0.25, 0.3) is 0 Å². The Hall–Kier alpha value is 0.440. The Morgan fingerprint density at radius 2 is 0.812 bits per heavy atom. The van der Waals surface area contributed by atoms with Crippen LogP contribution in [-0.2, 0) is 0 Å². The summed E-state index contributed by atoms with van der Waals surface area (Å²) in [5.74, 6) is 0. The van der Waals surface area contributed by atoms with Crippen LogP contribution in [0.3, 0.4) is 0 Å². The average Bonchev–Trinajstić information content (AvgIpc) is 2.20. The van der Waals surface area contributed by atoms with Crippen LogP contribution in [0, 0.1) is 12.1 Å². The molecule has 2 aromatic rings. The van der Waals surface area contributed by atoms with Crippen molar-refractivity contribution in [3.8, 4) is 0 Å². The molecule has 0 aromatic heterocycles. The first-order valence-corrected chi connectivity index (χ1v) is 6.15. The fourth-order valence-corrected chi connectivity index (χ4v) is 2.89. The Labute approximate surface area is 122 Å². The van der Waals surface area contributed by atoms with E-state index in [4.69, 9.17) is 69.6 Å². The third-order valence-corrected chi connectivity index (χ3v) is 4.04. The molecule has 2 radical (unpaired) electrons. The van der Waals surface area contributed by atoms with E-state index >= 15 is 0 Å². The fraction of sp³-hybridized carbons (Fsp3) is 0. The first kappa shape index (κ1) is 12.9. The number of hydrogen-bond acceptors (Lipinski definition) is 0. The van der Waals surface area contributed by atoms with Crippen molar-refractivity contribution in [3.05, 3.63) is 42.3 Å². The van der Waals surface area contributed by atoms with Crippen molar-refractivity contribution in [1.29, 1.82) is 0 Å². The van der Waals surface area contributed by atoms with Crippen molar-refractivity contribution >= 4 is 80.4 Å². The molecule has 0 fully saturated rings. The lowest BCUT2D eigenvalue weighted by molar-refractivity contribution is 1.71. The van der Waals surface area contributed by atoms with Crippen LogP contribution in [0.2, 0.25) is 30.1 Å². The van der Waals surface area contributed by atoms with Crippen LogP contribution in [0.15, 0.2) is 0 Å². The molecule has 82 valence electrons. The van der Waals surface area contributed by atoms with E-state index in [9.17, 15) is 0 Å². The summed E-state index contributed by atoms with van der Waals surface area (Å²) in [5.41, 5.74) is 0. The summed E-state index contributed by atoms with van der Waals surface area (Å²) in [5, 5.41) is 2.07. The second-order valence-electron chi connectivity index (χ2n) is 2.88. The zero-order valence-corrected chi connectivity index (χ0v) is 11.8. The second-order valence-corrected chi connectivity index (χ2v) is 5.15. The van der Waals surface area contributed by atoms with E-state index in [0.717, 1.165) is 0 Å². The smallest absolute Gasteiger partial charge is 0.0693 e. The molecule has 0 aliphatic carbocycles. The van der Waals surface area contributed by atoms with Crippen molar-refractivity contribution in [2.45, 2.75) is 0 Å². The molecule has 0 atom stereocenters. The van der Waals surface area contributed by atoms with E-state index in [1.807, 2.05) is 0 Å². The van der Waals surface area contributed by atoms with Crippen LogP contribution in [-0.4, -0.2) is 0 Å². The molecule has 2 aromatic carbocycles. The van der Waals surface area contributed by atoms with E-state index in [0.29, 0.717) is 10.8 Å². The highest BCUT2D eigenvalue weighted by Crippen LogP contribution is 2.44. The molecule has 16 heavy (non-hydrogen) atoms. The number of fused-ring (bicyclic) bond motifs is 1. The molecule has 0 aliphatic rings. The molecule has 0 aliphatic heterocycles. The molecule has 0 nitrogen and oxygen atoms in total. The van der Waals surface area contributed by atoms with Crippen LogP contribution < -0.4 is 0 Å². The third-order valence-electron chi connectivity index (χ3n) is 1.95. The highest BCUT2D eigenvalue weighted by Gasteiger charge is 2.17. The summed E-state index contributed by atoms with van der Waals surface area (Å²) < 4.78 is 0. The molecule has 0 spiro atoms. The molecular weight excluding hydrogens is 333 g/mol. The van der Waals surface area contributed by atoms with Crippen LogP contribution >= 0.6 is 69.6 Å². The average molecular weight is 333 g/mol. The largest absolute Gasteiger partial charge is 0.0829 e. The van der Waals surface area contributed by atoms with Crippen LogP contribution in [0.1, 0.15) is 0 Å². The Kier molecular flexibility index (Phi) is 3.71. The van der Waals surface area contributed by atoms with Crippen molar-refractivity contribution in [1.82, 2.24) is 0 Å². The lowest BCUT2D eigenvalue weighted by atomic mass is 10.1. The Bertz CT molecular complexity index is 537. The van der Waals surface area contributed by atoms with Gasteiger partial charge < -0.3 is 0 Å². The van der Waals surface area contributed by atoms with Crippen molar-refractivity contribution < 1.29 is 0 Å². The van der Waals surface area contributed by atoms with Gasteiger partial charge in [-0.2, -0.15) is 0 Å². The van der Waals surface area contributed by atoms with Gasteiger partial charge in [-0.25, -0.2) is 0 Å². The van der Waals surface area contributed by atoms with E-state index in [2.05, 4.69) is 12.1 Å². The van der Waals surface area contributed by atoms with E-state index in [1.165, 1.54) is 0 Å². The minimum Gasteiger partial charge on any atom is -0.0829 e. The zero-order chi connectivity index (χ0) is 12.0. The first-order chi connectivity index (χ1) is 7.43. The molecule has 0 heterocycles. The van der Waals surface area contributed by atoms with Gasteiger partial charge in [0.1, 0.15) is 0 Å². The number of hydrogen-bond donors (Lipinski definition) is 0. The van der Waals surface area contributed by atoms with E-state index in [1.54, 1.807) is 0 Å². The predicted octanol–water partition coefficient (Wildman–Crippen LogP) is 6.36. The van der Waals surface area contributed by atoms with Crippen LogP contribution in [0.4, 0.5) is 0 Å². The van der Waals surface area contributed by atoms with Gasteiger partial charge in [0.2, 0.25) is 0 Å². The van der Waals surface area contributed by atoms with Crippen molar-refractivity contribution in [2.75, 3.05) is 0 Å². The van der Waals surface area contributed by atoms with Crippen molar-refractivity contribution in [2.24, 2.45) is 0 Å². The Balaban J connectivity index is 3.11. The molecule has 2 rings (SSSR count). The lowest BCUT2D eigenvalue weighted by Gasteiger charge is -2.09. The summed E-state index contributed by atoms with van der Waals surface area (Å²) in [6, 6.07) is 5.32. The van der Waals surface area contributed by atoms with E-state index < -0.39 is 0 Å². The summed E-state index contributed by atoms with van der Waals surface area (Å²) in [7, 11) is 0. The SMILES string of the molecule is Clc1[c]c(Cl)c2c(Cl)c(Cl)[c]c(Cl)c2c1Cl.